The smallest absolute Gasteiger partial charge is 0.307 e. The van der Waals surface area contributed by atoms with Gasteiger partial charge < -0.3 is 56.8 Å². The molecule has 0 aliphatic carbocycles. The number of ether oxygens (including phenoxy) is 12. The van der Waals surface area contributed by atoms with Gasteiger partial charge >= 0.3 is 5.97 Å². The molecule has 0 atom stereocenters. The van der Waals surface area contributed by atoms with Gasteiger partial charge in [0, 0.05) is 6.61 Å². The van der Waals surface area contributed by atoms with Crippen molar-refractivity contribution < 1.29 is 61.6 Å². The molecule has 0 N–H and O–H groups in total. The fraction of sp³-hybridized carbons (Fsp3) is 0.976. The lowest BCUT2D eigenvalue weighted by Gasteiger charge is -2.09. The molecule has 0 spiro atoms. The number of unbranched alkanes of at least 4 members (excludes halogenated alkanes) is 15. The molecule has 330 valence electrons. The Morgan fingerprint density at radius 1 is 0.273 bits per heavy atom. The molecule has 0 fully saturated rings. The van der Waals surface area contributed by atoms with Crippen LogP contribution in [0, 0.1) is 0 Å². The Bertz CT molecular complexity index is 704. The van der Waals surface area contributed by atoms with Gasteiger partial charge in [-0.25, -0.2) is 0 Å². The van der Waals surface area contributed by atoms with Crippen LogP contribution in [-0.4, -0.2) is 158 Å². The average molecular weight is 797 g/mol. The van der Waals surface area contributed by atoms with Gasteiger partial charge in [0.2, 0.25) is 0 Å². The van der Waals surface area contributed by atoms with Crippen molar-refractivity contribution in [2.24, 2.45) is 0 Å². The summed E-state index contributed by atoms with van der Waals surface area (Å²) in [6.07, 6.45) is 22.4. The monoisotopic (exact) mass is 797 g/mol. The summed E-state index contributed by atoms with van der Waals surface area (Å²) < 4.78 is 64.9. The highest BCUT2D eigenvalue weighted by atomic mass is 16.6. The SMILES string of the molecule is CCCCCCCCCCCCCCCCCCOCCOCCOCCOCCOCCOCCOCCOCCOCCOCCOCCC(=O)OC. The number of hydrogen-bond donors (Lipinski definition) is 0. The van der Waals surface area contributed by atoms with E-state index in [0.717, 1.165) is 13.0 Å². The number of methoxy groups -OCH3 is 1. The van der Waals surface area contributed by atoms with Crippen LogP contribution in [0.2, 0.25) is 0 Å². The summed E-state index contributed by atoms with van der Waals surface area (Å²) in [4.78, 5) is 10.9. The van der Waals surface area contributed by atoms with Gasteiger partial charge in [0.05, 0.1) is 152 Å². The molecule has 0 aliphatic heterocycles. The zero-order valence-corrected chi connectivity index (χ0v) is 35.4. The molecule has 0 radical (unpaired) electrons. The third kappa shape index (κ3) is 51.0. The summed E-state index contributed by atoms with van der Waals surface area (Å²) in [6, 6.07) is 0. The van der Waals surface area contributed by atoms with Crippen LogP contribution in [0.3, 0.4) is 0 Å². The van der Waals surface area contributed by atoms with E-state index in [2.05, 4.69) is 11.7 Å². The molecule has 13 heteroatoms. The van der Waals surface area contributed by atoms with E-state index in [-0.39, 0.29) is 12.4 Å². The molecular weight excluding hydrogens is 712 g/mol. The second kappa shape index (κ2) is 51.0. The molecule has 0 saturated carbocycles. The minimum atomic E-state index is -0.283. The summed E-state index contributed by atoms with van der Waals surface area (Å²) in [7, 11) is 1.36. The van der Waals surface area contributed by atoms with Crippen molar-refractivity contribution in [3.8, 4) is 0 Å². The lowest BCUT2D eigenvalue weighted by Crippen LogP contribution is -2.15. The molecule has 0 unspecified atom stereocenters. The first-order chi connectivity index (χ1) is 27.3. The van der Waals surface area contributed by atoms with Crippen molar-refractivity contribution in [2.75, 3.05) is 152 Å². The second-order valence-corrected chi connectivity index (χ2v) is 13.4. The number of esters is 1. The zero-order chi connectivity index (χ0) is 39.6. The normalized spacial score (nSPS) is 11.5. The molecule has 0 heterocycles. The highest BCUT2D eigenvalue weighted by molar-refractivity contribution is 5.69. The van der Waals surface area contributed by atoms with E-state index in [0.29, 0.717) is 139 Å². The van der Waals surface area contributed by atoms with Gasteiger partial charge in [-0.05, 0) is 6.42 Å². The van der Waals surface area contributed by atoms with Gasteiger partial charge in [-0.3, -0.25) is 4.79 Å². The van der Waals surface area contributed by atoms with Crippen LogP contribution in [0.5, 0.6) is 0 Å². The van der Waals surface area contributed by atoms with Gasteiger partial charge in [-0.15, -0.1) is 0 Å². The summed E-state index contributed by atoms with van der Waals surface area (Å²) in [5.41, 5.74) is 0. The molecule has 0 aromatic carbocycles. The van der Waals surface area contributed by atoms with E-state index in [9.17, 15) is 4.79 Å². The minimum Gasteiger partial charge on any atom is -0.469 e. The zero-order valence-electron chi connectivity index (χ0n) is 35.4. The van der Waals surface area contributed by atoms with Crippen molar-refractivity contribution in [3.05, 3.63) is 0 Å². The van der Waals surface area contributed by atoms with Crippen LogP contribution in [0.25, 0.3) is 0 Å². The molecule has 0 aromatic heterocycles. The maximum absolute atomic E-state index is 10.9. The summed E-state index contributed by atoms with van der Waals surface area (Å²) in [6.45, 7) is 13.8. The fourth-order valence-corrected chi connectivity index (χ4v) is 5.31. The Labute approximate surface area is 335 Å². The number of carbonyl (C=O) groups is 1. The van der Waals surface area contributed by atoms with Crippen molar-refractivity contribution >= 4 is 5.97 Å². The fourth-order valence-electron chi connectivity index (χ4n) is 5.31. The molecule has 0 aromatic rings. The Morgan fingerprint density at radius 2 is 0.473 bits per heavy atom. The van der Waals surface area contributed by atoms with Crippen molar-refractivity contribution in [1.29, 1.82) is 0 Å². The number of hydrogen-bond acceptors (Lipinski definition) is 13. The first kappa shape index (κ1) is 54.0. The molecule has 0 bridgehead atoms. The summed E-state index contributed by atoms with van der Waals surface area (Å²) >= 11 is 0. The van der Waals surface area contributed by atoms with E-state index in [1.807, 2.05) is 0 Å². The first-order valence-electron chi connectivity index (χ1n) is 21.7. The van der Waals surface area contributed by atoms with Crippen LogP contribution in [-0.2, 0) is 61.6 Å². The maximum atomic E-state index is 10.9. The third-order valence-electron chi connectivity index (χ3n) is 8.54. The number of carbonyl (C=O) groups excluding carboxylic acids is 1. The second-order valence-electron chi connectivity index (χ2n) is 13.4. The lowest BCUT2D eigenvalue weighted by molar-refractivity contribution is -0.141. The van der Waals surface area contributed by atoms with E-state index >= 15 is 0 Å². The predicted octanol–water partition coefficient (Wildman–Crippen LogP) is 6.99. The van der Waals surface area contributed by atoms with Crippen LogP contribution in [0.4, 0.5) is 0 Å². The Kier molecular flexibility index (Phi) is 50.1. The average Bonchev–Trinajstić information content (AvgIpc) is 3.20. The molecule has 13 nitrogen and oxygen atoms in total. The van der Waals surface area contributed by atoms with Crippen LogP contribution >= 0.6 is 0 Å². The van der Waals surface area contributed by atoms with E-state index < -0.39 is 0 Å². The van der Waals surface area contributed by atoms with E-state index in [1.54, 1.807) is 0 Å². The standard InChI is InChI=1S/C42H84O13/c1-3-4-5-6-7-8-9-10-11-12-13-14-15-16-17-18-20-45-22-24-47-26-28-49-30-32-51-34-36-53-38-40-55-41-39-54-37-35-52-33-31-50-29-27-48-25-23-46-21-19-42(43)44-2/h3-41H2,1-2H3. The molecule has 0 saturated heterocycles. The molecular formula is C42H84O13. The predicted molar refractivity (Wildman–Crippen MR) is 215 cm³/mol. The van der Waals surface area contributed by atoms with Gasteiger partial charge in [0.15, 0.2) is 0 Å². The van der Waals surface area contributed by atoms with Crippen LogP contribution in [0.15, 0.2) is 0 Å². The van der Waals surface area contributed by atoms with Gasteiger partial charge in [-0.1, -0.05) is 103 Å². The first-order valence-corrected chi connectivity index (χ1v) is 21.7. The van der Waals surface area contributed by atoms with E-state index in [4.69, 9.17) is 52.1 Å². The Hall–Kier alpha value is -0.970. The van der Waals surface area contributed by atoms with E-state index in [1.165, 1.54) is 103 Å². The topological polar surface area (TPSA) is 128 Å². The molecule has 0 amide bonds. The van der Waals surface area contributed by atoms with Crippen molar-refractivity contribution in [1.82, 2.24) is 0 Å². The molecule has 0 aliphatic rings. The van der Waals surface area contributed by atoms with Crippen molar-refractivity contribution in [2.45, 2.75) is 116 Å². The summed E-state index contributed by atoms with van der Waals surface area (Å²) in [5.74, 6) is -0.283. The Balaban J connectivity index is 3.06. The van der Waals surface area contributed by atoms with Gasteiger partial charge in [0.1, 0.15) is 0 Å². The maximum Gasteiger partial charge on any atom is 0.307 e. The molecule has 55 heavy (non-hydrogen) atoms. The highest BCUT2D eigenvalue weighted by Gasteiger charge is 2.00. The minimum absolute atomic E-state index is 0.247. The highest BCUT2D eigenvalue weighted by Crippen LogP contribution is 2.13. The van der Waals surface area contributed by atoms with Crippen LogP contribution in [0.1, 0.15) is 116 Å². The largest absolute Gasteiger partial charge is 0.469 e. The van der Waals surface area contributed by atoms with Crippen molar-refractivity contribution in [3.63, 3.8) is 0 Å². The van der Waals surface area contributed by atoms with Gasteiger partial charge in [-0.2, -0.15) is 0 Å². The summed E-state index contributed by atoms with van der Waals surface area (Å²) in [5, 5.41) is 0. The van der Waals surface area contributed by atoms with Crippen LogP contribution < -0.4 is 0 Å². The number of rotatable bonds is 50. The molecule has 0 rings (SSSR count). The lowest BCUT2D eigenvalue weighted by atomic mass is 10.0. The van der Waals surface area contributed by atoms with Gasteiger partial charge in [0.25, 0.3) is 0 Å². The quantitative estimate of drug-likeness (QED) is 0.0464. The third-order valence-corrected chi connectivity index (χ3v) is 8.54. The Morgan fingerprint density at radius 3 is 0.709 bits per heavy atom.